The van der Waals surface area contributed by atoms with Crippen LogP contribution in [0.4, 0.5) is 0 Å². The van der Waals surface area contributed by atoms with Crippen LogP contribution in [0.3, 0.4) is 0 Å². The van der Waals surface area contributed by atoms with E-state index in [0.29, 0.717) is 5.02 Å². The van der Waals surface area contributed by atoms with Crippen molar-refractivity contribution in [3.63, 3.8) is 0 Å². The molecule has 1 atom stereocenters. The maximum Gasteiger partial charge on any atom is 0.332 e. The lowest BCUT2D eigenvalue weighted by atomic mass is 10.1. The van der Waals surface area contributed by atoms with Crippen molar-refractivity contribution in [1.29, 1.82) is 0 Å². The van der Waals surface area contributed by atoms with Crippen molar-refractivity contribution in [2.45, 2.75) is 26.6 Å². The molecule has 0 fully saturated rings. The quantitative estimate of drug-likeness (QED) is 0.862. The third kappa shape index (κ3) is 3.53. The molecule has 0 saturated carbocycles. The molecular formula is C11H13ClO3. The standard InChI is InChI=1S/C11H13ClO3/c1-7-5-9(3-4-10(7)12)6-15-8(2)11(13)14/h3-5,8H,6H2,1-2H3,(H,13,14). The fraction of sp³-hybridized carbons (Fsp3) is 0.364. The van der Waals surface area contributed by atoms with Gasteiger partial charge < -0.3 is 9.84 Å². The highest BCUT2D eigenvalue weighted by Gasteiger charge is 2.10. The number of hydrogen-bond donors (Lipinski definition) is 1. The van der Waals surface area contributed by atoms with Crippen LogP contribution in [-0.2, 0) is 16.1 Å². The highest BCUT2D eigenvalue weighted by molar-refractivity contribution is 6.31. The van der Waals surface area contributed by atoms with Crippen LogP contribution in [0, 0.1) is 6.92 Å². The zero-order valence-electron chi connectivity index (χ0n) is 8.66. The number of benzene rings is 1. The van der Waals surface area contributed by atoms with E-state index >= 15 is 0 Å². The summed E-state index contributed by atoms with van der Waals surface area (Å²) in [6, 6.07) is 5.49. The summed E-state index contributed by atoms with van der Waals surface area (Å²) in [6.45, 7) is 3.68. The van der Waals surface area contributed by atoms with Crippen molar-refractivity contribution in [3.05, 3.63) is 34.3 Å². The average molecular weight is 229 g/mol. The summed E-state index contributed by atoms with van der Waals surface area (Å²) < 4.78 is 5.14. The fourth-order valence-corrected chi connectivity index (χ4v) is 1.21. The van der Waals surface area contributed by atoms with Gasteiger partial charge in [0.05, 0.1) is 6.61 Å². The Morgan fingerprint density at radius 1 is 1.60 bits per heavy atom. The molecule has 0 amide bonds. The Kier molecular flexibility index (Phi) is 4.12. The molecule has 1 aromatic carbocycles. The van der Waals surface area contributed by atoms with Gasteiger partial charge in [-0.3, -0.25) is 0 Å². The van der Waals surface area contributed by atoms with Crippen LogP contribution in [0.25, 0.3) is 0 Å². The maximum atomic E-state index is 10.5. The molecule has 0 aliphatic heterocycles. The van der Waals surface area contributed by atoms with Gasteiger partial charge in [0.1, 0.15) is 0 Å². The number of aryl methyl sites for hydroxylation is 1. The molecule has 82 valence electrons. The topological polar surface area (TPSA) is 46.5 Å². The van der Waals surface area contributed by atoms with Gasteiger partial charge in [0.15, 0.2) is 6.10 Å². The molecule has 1 N–H and O–H groups in total. The minimum atomic E-state index is -0.958. The first-order valence-corrected chi connectivity index (χ1v) is 4.98. The molecule has 0 heterocycles. The summed E-state index contributed by atoms with van der Waals surface area (Å²) in [5, 5.41) is 9.31. The van der Waals surface area contributed by atoms with E-state index in [1.165, 1.54) is 6.92 Å². The SMILES string of the molecule is Cc1cc(COC(C)C(=O)O)ccc1Cl. The van der Waals surface area contributed by atoms with Crippen molar-refractivity contribution < 1.29 is 14.6 Å². The second-order valence-electron chi connectivity index (χ2n) is 3.38. The minimum absolute atomic E-state index is 0.283. The summed E-state index contributed by atoms with van der Waals surface area (Å²) >= 11 is 5.86. The number of hydrogen-bond acceptors (Lipinski definition) is 2. The van der Waals surface area contributed by atoms with Crippen molar-refractivity contribution in [2.24, 2.45) is 0 Å². The van der Waals surface area contributed by atoms with Crippen molar-refractivity contribution in [3.8, 4) is 0 Å². The maximum absolute atomic E-state index is 10.5. The van der Waals surface area contributed by atoms with Gasteiger partial charge in [0, 0.05) is 5.02 Å². The number of carboxylic acids is 1. The molecule has 15 heavy (non-hydrogen) atoms. The van der Waals surface area contributed by atoms with Gasteiger partial charge in [-0.2, -0.15) is 0 Å². The summed E-state index contributed by atoms with van der Waals surface area (Å²) in [4.78, 5) is 10.5. The smallest absolute Gasteiger partial charge is 0.332 e. The second kappa shape index (κ2) is 5.14. The Bertz CT molecular complexity index is 363. The van der Waals surface area contributed by atoms with E-state index < -0.39 is 12.1 Å². The van der Waals surface area contributed by atoms with Gasteiger partial charge in [0.25, 0.3) is 0 Å². The minimum Gasteiger partial charge on any atom is -0.479 e. The summed E-state index contributed by atoms with van der Waals surface area (Å²) in [5.41, 5.74) is 1.88. The van der Waals surface area contributed by atoms with E-state index in [1.54, 1.807) is 6.07 Å². The normalized spacial score (nSPS) is 12.5. The summed E-state index contributed by atoms with van der Waals surface area (Å²) in [7, 11) is 0. The van der Waals surface area contributed by atoms with E-state index in [1.807, 2.05) is 19.1 Å². The van der Waals surface area contributed by atoms with Crippen molar-refractivity contribution in [2.75, 3.05) is 0 Å². The van der Waals surface area contributed by atoms with E-state index in [0.717, 1.165) is 11.1 Å². The third-order valence-electron chi connectivity index (χ3n) is 2.07. The molecular weight excluding hydrogens is 216 g/mol. The Balaban J connectivity index is 2.58. The number of halogens is 1. The van der Waals surface area contributed by atoms with E-state index in [9.17, 15) is 4.79 Å². The highest BCUT2D eigenvalue weighted by atomic mass is 35.5. The predicted octanol–water partition coefficient (Wildman–Crippen LogP) is 2.64. The van der Waals surface area contributed by atoms with Gasteiger partial charge in [-0.1, -0.05) is 23.7 Å². The molecule has 0 aliphatic carbocycles. The molecule has 0 saturated heterocycles. The highest BCUT2D eigenvalue weighted by Crippen LogP contribution is 2.17. The molecule has 0 radical (unpaired) electrons. The fourth-order valence-electron chi connectivity index (χ4n) is 1.09. The number of rotatable bonds is 4. The van der Waals surface area contributed by atoms with Gasteiger partial charge in [-0.05, 0) is 31.0 Å². The third-order valence-corrected chi connectivity index (χ3v) is 2.49. The zero-order chi connectivity index (χ0) is 11.4. The largest absolute Gasteiger partial charge is 0.479 e. The first-order chi connectivity index (χ1) is 7.00. The van der Waals surface area contributed by atoms with Crippen LogP contribution >= 0.6 is 11.6 Å². The molecule has 0 spiro atoms. The number of carboxylic acid groups (broad SMARTS) is 1. The number of aliphatic carboxylic acids is 1. The van der Waals surface area contributed by atoms with Crippen LogP contribution in [0.1, 0.15) is 18.1 Å². The zero-order valence-corrected chi connectivity index (χ0v) is 9.41. The van der Waals surface area contributed by atoms with Crippen molar-refractivity contribution >= 4 is 17.6 Å². The molecule has 1 aromatic rings. The number of ether oxygens (including phenoxy) is 1. The van der Waals surface area contributed by atoms with Gasteiger partial charge in [-0.15, -0.1) is 0 Å². The van der Waals surface area contributed by atoms with Crippen LogP contribution in [0.5, 0.6) is 0 Å². The summed E-state index contributed by atoms with van der Waals surface area (Å²) in [6.07, 6.45) is -0.791. The molecule has 0 aliphatic rings. The van der Waals surface area contributed by atoms with Crippen molar-refractivity contribution in [1.82, 2.24) is 0 Å². The Labute approximate surface area is 93.6 Å². The van der Waals surface area contributed by atoms with Crippen LogP contribution < -0.4 is 0 Å². The van der Waals surface area contributed by atoms with Crippen LogP contribution in [0.15, 0.2) is 18.2 Å². The Morgan fingerprint density at radius 3 is 2.80 bits per heavy atom. The number of carbonyl (C=O) groups is 1. The van der Waals surface area contributed by atoms with Gasteiger partial charge >= 0.3 is 5.97 Å². The molecule has 0 aromatic heterocycles. The molecule has 4 heteroatoms. The van der Waals surface area contributed by atoms with E-state index in [2.05, 4.69) is 0 Å². The second-order valence-corrected chi connectivity index (χ2v) is 3.78. The monoisotopic (exact) mass is 228 g/mol. The Morgan fingerprint density at radius 2 is 2.27 bits per heavy atom. The summed E-state index contributed by atoms with van der Waals surface area (Å²) in [5.74, 6) is -0.958. The van der Waals surface area contributed by atoms with Crippen LogP contribution in [0.2, 0.25) is 5.02 Å². The lowest BCUT2D eigenvalue weighted by Crippen LogP contribution is -2.19. The van der Waals surface area contributed by atoms with E-state index in [-0.39, 0.29) is 6.61 Å². The Hall–Kier alpha value is -1.06. The van der Waals surface area contributed by atoms with E-state index in [4.69, 9.17) is 21.4 Å². The lowest BCUT2D eigenvalue weighted by Gasteiger charge is -2.09. The average Bonchev–Trinajstić information content (AvgIpc) is 2.19. The van der Waals surface area contributed by atoms with Gasteiger partial charge in [0.2, 0.25) is 0 Å². The molecule has 0 bridgehead atoms. The molecule has 3 nitrogen and oxygen atoms in total. The van der Waals surface area contributed by atoms with Gasteiger partial charge in [-0.25, -0.2) is 4.79 Å². The predicted molar refractivity (Wildman–Crippen MR) is 58.1 cm³/mol. The lowest BCUT2D eigenvalue weighted by molar-refractivity contribution is -0.149. The first-order valence-electron chi connectivity index (χ1n) is 4.60. The van der Waals surface area contributed by atoms with Crippen LogP contribution in [-0.4, -0.2) is 17.2 Å². The molecule has 1 rings (SSSR count). The molecule has 1 unspecified atom stereocenters. The first kappa shape index (κ1) is 12.0.